The van der Waals surface area contributed by atoms with Crippen molar-refractivity contribution in [3.8, 4) is 0 Å². The Balaban J connectivity index is 0.000000213. The Bertz CT molecular complexity index is 432. The Hall–Kier alpha value is -1.29. The molecule has 0 saturated heterocycles. The van der Waals surface area contributed by atoms with Crippen LogP contribution in [0, 0.1) is 0 Å². The van der Waals surface area contributed by atoms with Crippen LogP contribution in [0.2, 0.25) is 0 Å². The number of hydrogen-bond acceptors (Lipinski definition) is 1. The van der Waals surface area contributed by atoms with Gasteiger partial charge in [0.1, 0.15) is 0 Å². The zero-order valence-electron chi connectivity index (χ0n) is 7.62. The largest absolute Gasteiger partial charge is 0.481 e. The number of H-pyrrole nitrogens is 1. The summed E-state index contributed by atoms with van der Waals surface area (Å²) in [5.41, 5.74) is 1.18. The van der Waals surface area contributed by atoms with Crippen molar-refractivity contribution in [3.05, 3.63) is 34.9 Å². The Morgan fingerprint density at radius 2 is 2.07 bits per heavy atom. The highest BCUT2D eigenvalue weighted by atomic mass is 79.9. The number of carboxylic acid groups (broad SMARTS) is 1. The number of carboxylic acids is 1. The average molecular weight is 256 g/mol. The van der Waals surface area contributed by atoms with E-state index in [2.05, 4.69) is 39.1 Å². The molecule has 0 aliphatic heterocycles. The summed E-state index contributed by atoms with van der Waals surface area (Å²) in [7, 11) is 0. The van der Waals surface area contributed by atoms with Gasteiger partial charge in [0.25, 0.3) is 5.97 Å². The highest BCUT2D eigenvalue weighted by Crippen LogP contribution is 2.17. The number of aliphatic carboxylic acids is 1. The summed E-state index contributed by atoms with van der Waals surface area (Å²) in [6.45, 7) is 1.08. The van der Waals surface area contributed by atoms with E-state index in [-0.39, 0.29) is 0 Å². The van der Waals surface area contributed by atoms with Gasteiger partial charge in [0, 0.05) is 28.5 Å². The van der Waals surface area contributed by atoms with E-state index in [4.69, 9.17) is 9.90 Å². The van der Waals surface area contributed by atoms with Gasteiger partial charge in [0.15, 0.2) is 0 Å². The van der Waals surface area contributed by atoms with Gasteiger partial charge in [0.2, 0.25) is 0 Å². The molecular weight excluding hydrogens is 246 g/mol. The second-order valence-corrected chi connectivity index (χ2v) is 3.64. The van der Waals surface area contributed by atoms with Crippen molar-refractivity contribution in [1.82, 2.24) is 4.98 Å². The van der Waals surface area contributed by atoms with E-state index >= 15 is 0 Å². The van der Waals surface area contributed by atoms with Gasteiger partial charge in [-0.3, -0.25) is 4.79 Å². The first-order valence-corrected chi connectivity index (χ1v) is 4.81. The molecule has 3 nitrogen and oxygen atoms in total. The smallest absolute Gasteiger partial charge is 0.300 e. The topological polar surface area (TPSA) is 53.1 Å². The van der Waals surface area contributed by atoms with Crippen LogP contribution in [0.4, 0.5) is 0 Å². The molecule has 0 unspecified atom stereocenters. The number of rotatable bonds is 0. The average Bonchev–Trinajstić information content (AvgIpc) is 2.49. The summed E-state index contributed by atoms with van der Waals surface area (Å²) in [6.07, 6.45) is 1.94. The fraction of sp³-hybridized carbons (Fsp3) is 0.100. The molecule has 0 aliphatic carbocycles. The number of aromatic amines is 1. The van der Waals surface area contributed by atoms with Crippen molar-refractivity contribution < 1.29 is 9.90 Å². The molecule has 2 N–H and O–H groups in total. The number of halogens is 1. The van der Waals surface area contributed by atoms with Crippen molar-refractivity contribution in [1.29, 1.82) is 0 Å². The van der Waals surface area contributed by atoms with Crippen LogP contribution in [0.5, 0.6) is 0 Å². The fourth-order valence-corrected chi connectivity index (χ4v) is 1.40. The Kier molecular flexibility index (Phi) is 3.71. The van der Waals surface area contributed by atoms with E-state index in [1.807, 2.05) is 12.3 Å². The zero-order chi connectivity index (χ0) is 10.6. The normalized spacial score (nSPS) is 9.29. The van der Waals surface area contributed by atoms with Crippen molar-refractivity contribution in [2.75, 3.05) is 0 Å². The molecule has 4 heteroatoms. The quantitative estimate of drug-likeness (QED) is 0.761. The van der Waals surface area contributed by atoms with Crippen molar-refractivity contribution in [2.45, 2.75) is 6.92 Å². The van der Waals surface area contributed by atoms with Crippen LogP contribution in [-0.2, 0) is 4.79 Å². The third kappa shape index (κ3) is 3.22. The zero-order valence-corrected chi connectivity index (χ0v) is 9.21. The number of carbonyl (C=O) groups is 1. The summed E-state index contributed by atoms with van der Waals surface area (Å²) in [4.78, 5) is 12.1. The number of fused-ring (bicyclic) bond motifs is 1. The number of nitrogens with one attached hydrogen (secondary N) is 1. The summed E-state index contributed by atoms with van der Waals surface area (Å²) in [6, 6.07) is 8.23. The predicted molar refractivity (Wildman–Crippen MR) is 59.3 cm³/mol. The molecule has 74 valence electrons. The van der Waals surface area contributed by atoms with Crippen LogP contribution < -0.4 is 0 Å². The van der Waals surface area contributed by atoms with Gasteiger partial charge in [0.05, 0.1) is 0 Å². The molecule has 14 heavy (non-hydrogen) atoms. The minimum Gasteiger partial charge on any atom is -0.481 e. The third-order valence-electron chi connectivity index (χ3n) is 1.52. The van der Waals surface area contributed by atoms with Crippen LogP contribution in [0.25, 0.3) is 10.9 Å². The van der Waals surface area contributed by atoms with Gasteiger partial charge >= 0.3 is 0 Å². The third-order valence-corrected chi connectivity index (χ3v) is 2.01. The van der Waals surface area contributed by atoms with Crippen molar-refractivity contribution in [3.63, 3.8) is 0 Å². The second kappa shape index (κ2) is 4.81. The Morgan fingerprint density at radius 3 is 2.71 bits per heavy atom. The van der Waals surface area contributed by atoms with E-state index in [0.29, 0.717) is 0 Å². The van der Waals surface area contributed by atoms with Crippen molar-refractivity contribution >= 4 is 32.8 Å². The van der Waals surface area contributed by atoms with Gasteiger partial charge in [-0.05, 0) is 24.3 Å². The summed E-state index contributed by atoms with van der Waals surface area (Å²) < 4.78 is 1.12. The van der Waals surface area contributed by atoms with Gasteiger partial charge in [-0.25, -0.2) is 0 Å². The lowest BCUT2D eigenvalue weighted by atomic mass is 10.3. The SMILES string of the molecule is Brc1ccc2[nH]ccc2c1.CC(=O)O. The highest BCUT2D eigenvalue weighted by molar-refractivity contribution is 9.10. The second-order valence-electron chi connectivity index (χ2n) is 2.73. The molecular formula is C10H10BrNO2. The minimum atomic E-state index is -0.833. The molecule has 1 heterocycles. The van der Waals surface area contributed by atoms with E-state index < -0.39 is 5.97 Å². The van der Waals surface area contributed by atoms with E-state index in [1.165, 1.54) is 10.9 Å². The molecule has 0 saturated carbocycles. The maximum absolute atomic E-state index is 9.00. The van der Waals surface area contributed by atoms with E-state index in [1.54, 1.807) is 0 Å². The van der Waals surface area contributed by atoms with Gasteiger partial charge in [-0.2, -0.15) is 0 Å². The molecule has 1 aromatic heterocycles. The lowest BCUT2D eigenvalue weighted by molar-refractivity contribution is -0.134. The first kappa shape index (κ1) is 10.8. The molecule has 1 aromatic carbocycles. The van der Waals surface area contributed by atoms with Crippen LogP contribution in [0.1, 0.15) is 6.92 Å². The number of hydrogen-bond donors (Lipinski definition) is 2. The molecule has 0 amide bonds. The predicted octanol–water partition coefficient (Wildman–Crippen LogP) is 3.02. The first-order valence-electron chi connectivity index (χ1n) is 4.02. The van der Waals surface area contributed by atoms with Gasteiger partial charge in [-0.1, -0.05) is 15.9 Å². The molecule has 0 bridgehead atoms. The lowest BCUT2D eigenvalue weighted by Gasteiger charge is -1.88. The highest BCUT2D eigenvalue weighted by Gasteiger charge is 1.92. The summed E-state index contributed by atoms with van der Waals surface area (Å²) in [5, 5.41) is 8.66. The molecule has 0 aliphatic rings. The van der Waals surface area contributed by atoms with Gasteiger partial charge in [-0.15, -0.1) is 0 Å². The van der Waals surface area contributed by atoms with Gasteiger partial charge < -0.3 is 10.1 Å². The maximum Gasteiger partial charge on any atom is 0.300 e. The molecule has 0 spiro atoms. The molecule has 2 aromatic rings. The fourth-order valence-electron chi connectivity index (χ4n) is 1.02. The Morgan fingerprint density at radius 1 is 1.43 bits per heavy atom. The molecule has 0 fully saturated rings. The van der Waals surface area contributed by atoms with Crippen LogP contribution in [-0.4, -0.2) is 16.1 Å². The van der Waals surface area contributed by atoms with Crippen LogP contribution in [0.3, 0.4) is 0 Å². The minimum absolute atomic E-state index is 0.833. The lowest BCUT2D eigenvalue weighted by Crippen LogP contribution is -1.78. The van der Waals surface area contributed by atoms with E-state index in [0.717, 1.165) is 11.4 Å². The first-order chi connectivity index (χ1) is 6.59. The number of benzene rings is 1. The summed E-state index contributed by atoms with van der Waals surface area (Å²) in [5.74, 6) is -0.833. The number of aromatic nitrogens is 1. The molecule has 0 radical (unpaired) electrons. The standard InChI is InChI=1S/C8H6BrN.C2H4O2/c9-7-1-2-8-6(5-7)3-4-10-8;1-2(3)4/h1-5,10H;1H3,(H,3,4). The molecule has 2 rings (SSSR count). The monoisotopic (exact) mass is 255 g/mol. The van der Waals surface area contributed by atoms with E-state index in [9.17, 15) is 0 Å². The van der Waals surface area contributed by atoms with Crippen molar-refractivity contribution in [2.24, 2.45) is 0 Å². The van der Waals surface area contributed by atoms with Crippen LogP contribution in [0.15, 0.2) is 34.9 Å². The molecule has 0 atom stereocenters. The summed E-state index contributed by atoms with van der Waals surface area (Å²) >= 11 is 3.40. The van der Waals surface area contributed by atoms with Crippen LogP contribution >= 0.6 is 15.9 Å². The Labute approximate surface area is 89.9 Å². The maximum atomic E-state index is 9.00.